The third-order valence-electron chi connectivity index (χ3n) is 3.87. The second-order valence-electron chi connectivity index (χ2n) is 6.38. The predicted molar refractivity (Wildman–Crippen MR) is 92.2 cm³/mol. The fraction of sp³-hybridized carbons (Fsp3) is 0.316. The van der Waals surface area contributed by atoms with E-state index >= 15 is 0 Å². The zero-order chi connectivity index (χ0) is 17.4. The number of carbonyl (C=O) groups excluding carboxylic acids is 1. The third kappa shape index (κ3) is 2.82. The molecule has 3 aromatic rings. The second-order valence-corrected chi connectivity index (χ2v) is 6.38. The lowest BCUT2D eigenvalue weighted by atomic mass is 10.3. The van der Waals surface area contributed by atoms with E-state index in [1.54, 1.807) is 12.1 Å². The van der Waals surface area contributed by atoms with Gasteiger partial charge in [-0.05, 0) is 64.1 Å². The first-order chi connectivity index (χ1) is 11.4. The third-order valence-corrected chi connectivity index (χ3v) is 3.87. The van der Waals surface area contributed by atoms with Crippen molar-refractivity contribution < 1.29 is 13.9 Å². The van der Waals surface area contributed by atoms with Crippen LogP contribution in [0, 0.1) is 5.82 Å². The number of ether oxygens (including phenoxy) is 1. The number of aromatic nitrogens is 2. The molecule has 0 bridgehead atoms. The minimum atomic E-state index is -0.333. The Labute approximate surface area is 140 Å². The smallest absolute Gasteiger partial charge is 0.355 e. The van der Waals surface area contributed by atoms with Crippen LogP contribution in [-0.4, -0.2) is 21.2 Å². The molecule has 0 radical (unpaired) electrons. The van der Waals surface area contributed by atoms with Gasteiger partial charge in [0.2, 0.25) is 0 Å². The molecule has 0 amide bonds. The van der Waals surface area contributed by atoms with Gasteiger partial charge < -0.3 is 13.9 Å². The van der Waals surface area contributed by atoms with Gasteiger partial charge in [-0.1, -0.05) is 0 Å². The van der Waals surface area contributed by atoms with Crippen molar-refractivity contribution in [2.24, 2.45) is 0 Å². The van der Waals surface area contributed by atoms with Crippen LogP contribution in [0.3, 0.4) is 0 Å². The van der Waals surface area contributed by atoms with Crippen molar-refractivity contribution in [1.29, 1.82) is 0 Å². The molecule has 0 unspecified atom stereocenters. The van der Waals surface area contributed by atoms with Crippen LogP contribution < -0.4 is 0 Å². The molecule has 0 N–H and O–H groups in total. The van der Waals surface area contributed by atoms with Crippen molar-refractivity contribution in [2.75, 3.05) is 0 Å². The number of hydrogen-bond acceptors (Lipinski definition) is 2. The molecule has 2 heterocycles. The summed E-state index contributed by atoms with van der Waals surface area (Å²) in [6.45, 7) is 7.72. The minimum absolute atomic E-state index is 0.112. The molecule has 0 atom stereocenters. The first-order valence-electron chi connectivity index (χ1n) is 8.07. The highest BCUT2D eigenvalue weighted by molar-refractivity contribution is 5.95. The number of fused-ring (bicyclic) bond motifs is 1. The highest BCUT2D eigenvalue weighted by Gasteiger charge is 2.21. The summed E-state index contributed by atoms with van der Waals surface area (Å²) in [4.78, 5) is 12.4. The van der Waals surface area contributed by atoms with Gasteiger partial charge in [0.25, 0.3) is 0 Å². The normalized spacial score (nSPS) is 11.6. The average Bonchev–Trinajstić information content (AvgIpc) is 3.05. The maximum atomic E-state index is 13.2. The van der Waals surface area contributed by atoms with E-state index in [0.717, 1.165) is 16.7 Å². The fourth-order valence-corrected chi connectivity index (χ4v) is 2.93. The van der Waals surface area contributed by atoms with Gasteiger partial charge in [0.05, 0.1) is 17.1 Å². The van der Waals surface area contributed by atoms with E-state index in [2.05, 4.69) is 0 Å². The zero-order valence-electron chi connectivity index (χ0n) is 14.3. The molecule has 0 saturated carbocycles. The minimum Gasteiger partial charge on any atom is -0.458 e. The molecule has 0 fully saturated rings. The summed E-state index contributed by atoms with van der Waals surface area (Å²) in [5.74, 6) is -0.608. The monoisotopic (exact) mass is 328 g/mol. The van der Waals surface area contributed by atoms with Crippen molar-refractivity contribution >= 4 is 17.0 Å². The Kier molecular flexibility index (Phi) is 4.18. The maximum Gasteiger partial charge on any atom is 0.355 e. The molecule has 0 aliphatic heterocycles. The molecular weight excluding hydrogens is 307 g/mol. The summed E-state index contributed by atoms with van der Waals surface area (Å²) in [6.07, 6.45) is 1.75. The number of carbonyl (C=O) groups is 1. The second kappa shape index (κ2) is 6.15. The highest BCUT2D eigenvalue weighted by Crippen LogP contribution is 2.28. The lowest BCUT2D eigenvalue weighted by Crippen LogP contribution is -2.17. The summed E-state index contributed by atoms with van der Waals surface area (Å²) in [6, 6.07) is 10.2. The molecule has 5 heteroatoms. The standard InChI is InChI=1S/C19H21FN2O2/c1-12(2)22-16-9-10-21(15-7-5-14(20)6-8-15)17(16)11-18(22)19(23)24-13(3)4/h5-13H,1-4H3. The first-order valence-corrected chi connectivity index (χ1v) is 8.07. The number of hydrogen-bond donors (Lipinski definition) is 0. The largest absolute Gasteiger partial charge is 0.458 e. The summed E-state index contributed by atoms with van der Waals surface area (Å²) in [5, 5.41) is 0. The van der Waals surface area contributed by atoms with Crippen LogP contribution in [0.25, 0.3) is 16.7 Å². The van der Waals surface area contributed by atoms with E-state index in [-0.39, 0.29) is 23.9 Å². The van der Waals surface area contributed by atoms with E-state index in [1.807, 2.05) is 55.2 Å². The molecular formula is C19H21FN2O2. The van der Waals surface area contributed by atoms with E-state index < -0.39 is 0 Å². The summed E-state index contributed by atoms with van der Waals surface area (Å²) < 4.78 is 22.5. The van der Waals surface area contributed by atoms with Crippen LogP contribution in [0.15, 0.2) is 42.6 Å². The van der Waals surface area contributed by atoms with Crippen molar-refractivity contribution in [3.63, 3.8) is 0 Å². The first kappa shape index (κ1) is 16.3. The number of benzene rings is 1. The molecule has 0 aliphatic rings. The van der Waals surface area contributed by atoms with Gasteiger partial charge in [-0.3, -0.25) is 0 Å². The van der Waals surface area contributed by atoms with Gasteiger partial charge in [-0.2, -0.15) is 0 Å². The van der Waals surface area contributed by atoms with Crippen LogP contribution in [0.2, 0.25) is 0 Å². The van der Waals surface area contributed by atoms with Crippen LogP contribution in [-0.2, 0) is 4.74 Å². The molecule has 4 nitrogen and oxygen atoms in total. The summed E-state index contributed by atoms with van der Waals surface area (Å²) in [7, 11) is 0. The molecule has 0 saturated heterocycles. The van der Waals surface area contributed by atoms with Crippen LogP contribution in [0.4, 0.5) is 4.39 Å². The van der Waals surface area contributed by atoms with Gasteiger partial charge in [-0.25, -0.2) is 9.18 Å². The Morgan fingerprint density at radius 1 is 1.04 bits per heavy atom. The average molecular weight is 328 g/mol. The molecule has 126 valence electrons. The molecule has 2 aromatic heterocycles. The van der Waals surface area contributed by atoms with Gasteiger partial charge in [0, 0.05) is 17.9 Å². The van der Waals surface area contributed by atoms with Crippen molar-refractivity contribution in [3.8, 4) is 5.69 Å². The Hall–Kier alpha value is -2.56. The number of rotatable bonds is 4. The van der Waals surface area contributed by atoms with Gasteiger partial charge >= 0.3 is 5.97 Å². The molecule has 0 spiro atoms. The molecule has 24 heavy (non-hydrogen) atoms. The highest BCUT2D eigenvalue weighted by atomic mass is 19.1. The molecule has 0 aliphatic carbocycles. The molecule has 1 aromatic carbocycles. The predicted octanol–water partition coefficient (Wildman–Crippen LogP) is 4.72. The van der Waals surface area contributed by atoms with Crippen LogP contribution >= 0.6 is 0 Å². The van der Waals surface area contributed by atoms with Crippen LogP contribution in [0.1, 0.15) is 44.2 Å². The Bertz CT molecular complexity index is 873. The summed E-state index contributed by atoms with van der Waals surface area (Å²) in [5.41, 5.74) is 3.22. The Morgan fingerprint density at radius 3 is 2.29 bits per heavy atom. The summed E-state index contributed by atoms with van der Waals surface area (Å²) >= 11 is 0. The van der Waals surface area contributed by atoms with Crippen molar-refractivity contribution in [1.82, 2.24) is 9.13 Å². The lowest BCUT2D eigenvalue weighted by Gasteiger charge is -2.14. The lowest BCUT2D eigenvalue weighted by molar-refractivity contribution is 0.0364. The topological polar surface area (TPSA) is 36.2 Å². The number of nitrogens with zero attached hydrogens (tertiary/aromatic N) is 2. The Morgan fingerprint density at radius 2 is 1.71 bits per heavy atom. The fourth-order valence-electron chi connectivity index (χ4n) is 2.93. The van der Waals surface area contributed by atoms with Gasteiger partial charge in [0.1, 0.15) is 11.5 Å². The zero-order valence-corrected chi connectivity index (χ0v) is 14.3. The quantitative estimate of drug-likeness (QED) is 0.650. The van der Waals surface area contributed by atoms with Crippen LogP contribution in [0.5, 0.6) is 0 Å². The van der Waals surface area contributed by atoms with E-state index in [1.165, 1.54) is 12.1 Å². The van der Waals surface area contributed by atoms with Crippen molar-refractivity contribution in [3.05, 3.63) is 54.1 Å². The number of esters is 1. The van der Waals surface area contributed by atoms with Gasteiger partial charge in [-0.15, -0.1) is 0 Å². The maximum absolute atomic E-state index is 13.2. The Balaban J connectivity index is 2.15. The molecule has 3 rings (SSSR count). The van der Waals surface area contributed by atoms with E-state index in [0.29, 0.717) is 5.69 Å². The van der Waals surface area contributed by atoms with E-state index in [9.17, 15) is 9.18 Å². The van der Waals surface area contributed by atoms with Crippen molar-refractivity contribution in [2.45, 2.75) is 39.8 Å². The SMILES string of the molecule is CC(C)OC(=O)c1cc2c(ccn2-c2ccc(F)cc2)n1C(C)C. The van der Waals surface area contributed by atoms with Gasteiger partial charge in [0.15, 0.2) is 0 Å². The number of halogens is 1. The van der Waals surface area contributed by atoms with E-state index in [4.69, 9.17) is 4.74 Å².